The summed E-state index contributed by atoms with van der Waals surface area (Å²) in [5.41, 5.74) is 0. The minimum Gasteiger partial charge on any atom is -0.460 e. The van der Waals surface area contributed by atoms with E-state index in [1.165, 1.54) is 0 Å². The first-order chi connectivity index (χ1) is 16.8. The van der Waals surface area contributed by atoms with Gasteiger partial charge in [-0.05, 0) is 13.8 Å². The first-order valence-electron chi connectivity index (χ1n) is 9.06. The van der Waals surface area contributed by atoms with Gasteiger partial charge in [-0.1, -0.05) is 0 Å². The summed E-state index contributed by atoms with van der Waals surface area (Å²) in [6.07, 6.45) is -36.8. The van der Waals surface area contributed by atoms with Crippen LogP contribution in [0.1, 0.15) is 13.8 Å². The molecule has 0 saturated carbocycles. The van der Waals surface area contributed by atoms with Crippen LogP contribution in [0.25, 0.3) is 0 Å². The van der Waals surface area contributed by atoms with E-state index in [1.807, 2.05) is 0 Å². The van der Waals surface area contributed by atoms with E-state index in [4.69, 9.17) is 0 Å². The van der Waals surface area contributed by atoms with E-state index in [9.17, 15) is 76.7 Å². The number of carbonyl (C=O) groups is 5. The molecule has 0 aliphatic rings. The number of alkyl halides is 12. The monoisotopic (exact) mass is 592 g/mol. The van der Waals surface area contributed by atoms with Crippen molar-refractivity contribution < 1.29 is 100 Å². The van der Waals surface area contributed by atoms with Gasteiger partial charge >= 0.3 is 54.6 Å². The van der Waals surface area contributed by atoms with Crippen LogP contribution < -0.4 is 0 Å². The van der Waals surface area contributed by atoms with Crippen LogP contribution in [0.3, 0.4) is 0 Å². The Morgan fingerprint density at radius 1 is 0.553 bits per heavy atom. The topological polar surface area (TPSA) is 132 Å². The van der Waals surface area contributed by atoms with Gasteiger partial charge in [-0.15, -0.1) is 0 Å². The summed E-state index contributed by atoms with van der Waals surface area (Å²) in [5, 5.41) is 0. The molecule has 0 radical (unpaired) electrons. The van der Waals surface area contributed by atoms with Gasteiger partial charge in [0.15, 0.2) is 12.2 Å². The van der Waals surface area contributed by atoms with Crippen LogP contribution in [0.5, 0.6) is 0 Å². The lowest BCUT2D eigenvalue weighted by Crippen LogP contribution is -2.54. The van der Waals surface area contributed by atoms with Crippen molar-refractivity contribution in [3.05, 3.63) is 0 Å². The number of esters is 5. The summed E-state index contributed by atoms with van der Waals surface area (Å²) in [7, 11) is 0. The van der Waals surface area contributed by atoms with Gasteiger partial charge in [0, 0.05) is 0 Å². The lowest BCUT2D eigenvalue weighted by molar-refractivity contribution is -0.242. The molecule has 0 rings (SSSR count). The number of carbonyl (C=O) groups excluding carboxylic acids is 5. The van der Waals surface area contributed by atoms with Gasteiger partial charge in [0.1, 0.15) is 6.61 Å². The second-order valence-corrected chi connectivity index (χ2v) is 6.71. The molecule has 0 aromatic carbocycles. The molecule has 0 amide bonds. The predicted molar refractivity (Wildman–Crippen MR) is 86.0 cm³/mol. The molecule has 0 aliphatic carbocycles. The summed E-state index contributed by atoms with van der Waals surface area (Å²) in [4.78, 5) is 56.7. The molecule has 0 heterocycles. The lowest BCUT2D eigenvalue weighted by atomic mass is 10.1. The van der Waals surface area contributed by atoms with E-state index in [0.29, 0.717) is 0 Å². The average Bonchev–Trinajstić information content (AvgIpc) is 2.69. The standard InChI is InChI=1S/C16H12F12O10/c1-4(2)35-8(29)7(38-12(33)16(26,27)28)6(37-11(32)15(23,24)25)5(36-10(31)14(20,21)22)3-34-9(30)13(17,18)19/h4-7H,3H2,1-2H3. The van der Waals surface area contributed by atoms with Crippen LogP contribution in [-0.2, 0) is 47.7 Å². The Labute approximate surface area is 201 Å². The molecule has 10 nitrogen and oxygen atoms in total. The van der Waals surface area contributed by atoms with Crippen LogP contribution >= 0.6 is 0 Å². The number of halogens is 12. The molecule has 220 valence electrons. The fourth-order valence-corrected chi connectivity index (χ4v) is 1.89. The van der Waals surface area contributed by atoms with E-state index in [1.54, 1.807) is 0 Å². The molecule has 0 saturated heterocycles. The van der Waals surface area contributed by atoms with Gasteiger partial charge in [-0.25, -0.2) is 24.0 Å². The molecule has 3 atom stereocenters. The smallest absolute Gasteiger partial charge is 0.460 e. The van der Waals surface area contributed by atoms with E-state index in [-0.39, 0.29) is 0 Å². The van der Waals surface area contributed by atoms with Gasteiger partial charge in [0.25, 0.3) is 0 Å². The van der Waals surface area contributed by atoms with Crippen LogP contribution in [0.15, 0.2) is 0 Å². The largest absolute Gasteiger partial charge is 0.490 e. The summed E-state index contributed by atoms with van der Waals surface area (Å²) >= 11 is 0. The highest BCUT2D eigenvalue weighted by atomic mass is 19.4. The number of rotatable bonds is 9. The Morgan fingerprint density at radius 3 is 1.29 bits per heavy atom. The molecule has 0 aliphatic heterocycles. The molecular weight excluding hydrogens is 580 g/mol. The van der Waals surface area contributed by atoms with E-state index < -0.39 is 85.6 Å². The summed E-state index contributed by atoms with van der Waals surface area (Å²) in [6, 6.07) is 0. The molecular formula is C16H12F12O10. The zero-order valence-corrected chi connectivity index (χ0v) is 18.1. The summed E-state index contributed by atoms with van der Waals surface area (Å²) < 4.78 is 170. The Hall–Kier alpha value is -3.49. The molecule has 0 fully saturated rings. The van der Waals surface area contributed by atoms with Crippen molar-refractivity contribution in [1.29, 1.82) is 0 Å². The first-order valence-corrected chi connectivity index (χ1v) is 9.06. The normalized spacial score (nSPS) is 15.1. The van der Waals surface area contributed by atoms with Crippen LogP contribution in [0, 0.1) is 0 Å². The number of hydrogen-bond donors (Lipinski definition) is 0. The Bertz CT molecular complexity index is 888. The SMILES string of the molecule is CC(C)OC(=O)C(OC(=O)C(F)(F)F)C(OC(=O)C(F)(F)F)C(COC(=O)C(F)(F)F)OC(=O)C(F)(F)F. The molecule has 0 N–H and O–H groups in total. The molecule has 3 unspecified atom stereocenters. The van der Waals surface area contributed by atoms with E-state index >= 15 is 0 Å². The summed E-state index contributed by atoms with van der Waals surface area (Å²) in [5.74, 6) is -16.2. The fraction of sp³-hybridized carbons (Fsp3) is 0.688. The maximum Gasteiger partial charge on any atom is 0.490 e. The fourth-order valence-electron chi connectivity index (χ4n) is 1.89. The highest BCUT2D eigenvalue weighted by Gasteiger charge is 2.54. The number of ether oxygens (including phenoxy) is 5. The van der Waals surface area contributed by atoms with Crippen molar-refractivity contribution >= 4 is 29.8 Å². The molecule has 0 aromatic rings. The first kappa shape index (κ1) is 34.5. The van der Waals surface area contributed by atoms with Gasteiger partial charge in [-0.2, -0.15) is 52.7 Å². The second kappa shape index (κ2) is 12.4. The quantitative estimate of drug-likeness (QED) is 0.224. The minimum atomic E-state index is -6.17. The van der Waals surface area contributed by atoms with Crippen LogP contribution in [0.2, 0.25) is 0 Å². The third-order valence-electron chi connectivity index (χ3n) is 3.29. The molecule has 0 spiro atoms. The van der Waals surface area contributed by atoms with Crippen molar-refractivity contribution in [2.75, 3.05) is 6.61 Å². The van der Waals surface area contributed by atoms with Crippen molar-refractivity contribution in [2.24, 2.45) is 0 Å². The Morgan fingerprint density at radius 2 is 0.921 bits per heavy atom. The zero-order valence-electron chi connectivity index (χ0n) is 18.1. The van der Waals surface area contributed by atoms with Crippen LogP contribution in [-0.4, -0.2) is 85.6 Å². The maximum atomic E-state index is 12.7. The maximum absolute atomic E-state index is 12.7. The molecule has 0 bridgehead atoms. The second-order valence-electron chi connectivity index (χ2n) is 6.71. The highest BCUT2D eigenvalue weighted by molar-refractivity contribution is 5.84. The van der Waals surface area contributed by atoms with Gasteiger partial charge in [0.2, 0.25) is 6.10 Å². The minimum absolute atomic E-state index is 0.920. The van der Waals surface area contributed by atoms with E-state index in [0.717, 1.165) is 13.8 Å². The van der Waals surface area contributed by atoms with Gasteiger partial charge < -0.3 is 23.7 Å². The van der Waals surface area contributed by atoms with Crippen LogP contribution in [0.4, 0.5) is 52.7 Å². The predicted octanol–water partition coefficient (Wildman–Crippen LogP) is 2.47. The van der Waals surface area contributed by atoms with Crippen molar-refractivity contribution in [3.63, 3.8) is 0 Å². The third-order valence-corrected chi connectivity index (χ3v) is 3.29. The van der Waals surface area contributed by atoms with Crippen molar-refractivity contribution in [1.82, 2.24) is 0 Å². The van der Waals surface area contributed by atoms with Crippen molar-refractivity contribution in [3.8, 4) is 0 Å². The summed E-state index contributed by atoms with van der Waals surface area (Å²) in [6.45, 7) is -0.599. The molecule has 0 aromatic heterocycles. The average molecular weight is 592 g/mol. The van der Waals surface area contributed by atoms with E-state index in [2.05, 4.69) is 23.7 Å². The highest BCUT2D eigenvalue weighted by Crippen LogP contribution is 2.27. The Kier molecular flexibility index (Phi) is 11.2. The third kappa shape index (κ3) is 11.3. The lowest BCUT2D eigenvalue weighted by Gasteiger charge is -2.31. The zero-order chi connectivity index (χ0) is 30.4. The number of hydrogen-bond acceptors (Lipinski definition) is 10. The molecule has 38 heavy (non-hydrogen) atoms. The molecule has 22 heteroatoms. The van der Waals surface area contributed by atoms with Gasteiger partial charge in [0.05, 0.1) is 6.10 Å². The van der Waals surface area contributed by atoms with Crippen molar-refractivity contribution in [2.45, 2.75) is 63.0 Å². The van der Waals surface area contributed by atoms with Gasteiger partial charge in [-0.3, -0.25) is 0 Å². The Balaban J connectivity index is 6.88.